The fourth-order valence-corrected chi connectivity index (χ4v) is 2.90. The largest absolute Gasteiger partial charge is 0.497 e. The summed E-state index contributed by atoms with van der Waals surface area (Å²) in [5.74, 6) is -0.701. The summed E-state index contributed by atoms with van der Waals surface area (Å²) in [7, 11) is 4.50. The van der Waals surface area contributed by atoms with Gasteiger partial charge in [-0.25, -0.2) is 9.69 Å². The van der Waals surface area contributed by atoms with Gasteiger partial charge in [-0.3, -0.25) is 9.59 Å². The lowest BCUT2D eigenvalue weighted by atomic mass is 10.0. The number of anilines is 2. The van der Waals surface area contributed by atoms with Crippen LogP contribution in [-0.4, -0.2) is 45.7 Å². The van der Waals surface area contributed by atoms with Gasteiger partial charge in [0.25, 0.3) is 0 Å². The Morgan fingerprint density at radius 1 is 0.966 bits per heavy atom. The summed E-state index contributed by atoms with van der Waals surface area (Å²) in [6.45, 7) is -0.0999. The average molecular weight is 399 g/mol. The second-order valence-electron chi connectivity index (χ2n) is 6.20. The predicted octanol–water partition coefficient (Wildman–Crippen LogP) is 2.02. The van der Waals surface area contributed by atoms with Gasteiger partial charge in [-0.2, -0.15) is 0 Å². The molecule has 1 saturated heterocycles. The summed E-state index contributed by atoms with van der Waals surface area (Å²) in [5, 5.41) is 5.26. The molecule has 0 radical (unpaired) electrons. The summed E-state index contributed by atoms with van der Waals surface area (Å²) in [4.78, 5) is 38.8. The lowest BCUT2D eigenvalue weighted by molar-refractivity contribution is -0.130. The molecule has 0 aromatic heterocycles. The number of benzene rings is 2. The van der Waals surface area contributed by atoms with Crippen LogP contribution in [0, 0.1) is 5.92 Å². The lowest BCUT2D eigenvalue weighted by Gasteiger charge is -2.30. The van der Waals surface area contributed by atoms with Crippen molar-refractivity contribution >= 4 is 29.2 Å². The molecular formula is C20H21N3O6. The molecule has 1 fully saturated rings. The van der Waals surface area contributed by atoms with E-state index in [1.807, 2.05) is 0 Å². The van der Waals surface area contributed by atoms with Crippen molar-refractivity contribution < 1.29 is 28.6 Å². The Hall–Kier alpha value is -3.75. The van der Waals surface area contributed by atoms with Gasteiger partial charge >= 0.3 is 6.03 Å². The van der Waals surface area contributed by atoms with E-state index in [2.05, 4.69) is 10.6 Å². The molecule has 4 amide bonds. The first-order valence-corrected chi connectivity index (χ1v) is 8.76. The highest BCUT2D eigenvalue weighted by Crippen LogP contribution is 2.27. The summed E-state index contributed by atoms with van der Waals surface area (Å²) in [5.41, 5.74) is 0.751. The third kappa shape index (κ3) is 4.23. The number of urea groups is 1. The van der Waals surface area contributed by atoms with E-state index in [9.17, 15) is 14.4 Å². The monoisotopic (exact) mass is 399 g/mol. The predicted molar refractivity (Wildman–Crippen MR) is 106 cm³/mol. The third-order valence-corrected chi connectivity index (χ3v) is 4.45. The second kappa shape index (κ2) is 8.51. The molecule has 29 heavy (non-hydrogen) atoms. The maximum absolute atomic E-state index is 12.9. The normalized spacial score (nSPS) is 16.1. The van der Waals surface area contributed by atoms with Crippen LogP contribution in [-0.2, 0) is 9.59 Å². The molecule has 1 aliphatic heterocycles. The topological polar surface area (TPSA) is 106 Å². The van der Waals surface area contributed by atoms with Crippen molar-refractivity contribution in [3.63, 3.8) is 0 Å². The van der Waals surface area contributed by atoms with E-state index >= 15 is 0 Å². The highest BCUT2D eigenvalue weighted by atomic mass is 16.5. The molecule has 3 rings (SSSR count). The molecule has 0 aliphatic carbocycles. The van der Waals surface area contributed by atoms with Gasteiger partial charge in [-0.1, -0.05) is 0 Å². The van der Waals surface area contributed by atoms with E-state index in [0.717, 1.165) is 4.90 Å². The summed E-state index contributed by atoms with van der Waals surface area (Å²) in [6.07, 6.45) is 0. The molecular weight excluding hydrogens is 378 g/mol. The number of hydrogen-bond acceptors (Lipinski definition) is 6. The van der Waals surface area contributed by atoms with Crippen LogP contribution in [0.1, 0.15) is 0 Å². The lowest BCUT2D eigenvalue weighted by Crippen LogP contribution is -2.58. The van der Waals surface area contributed by atoms with Crippen LogP contribution in [0.3, 0.4) is 0 Å². The zero-order valence-electron chi connectivity index (χ0n) is 16.2. The molecule has 0 bridgehead atoms. The Morgan fingerprint density at radius 3 is 2.10 bits per heavy atom. The van der Waals surface area contributed by atoms with Crippen molar-refractivity contribution in [2.45, 2.75) is 0 Å². The second-order valence-corrected chi connectivity index (χ2v) is 6.20. The van der Waals surface area contributed by atoms with Gasteiger partial charge in [0.1, 0.15) is 23.2 Å². The number of amides is 4. The molecule has 1 heterocycles. The molecule has 152 valence electrons. The quantitative estimate of drug-likeness (QED) is 0.720. The fraction of sp³-hybridized carbons (Fsp3) is 0.250. The zero-order chi connectivity index (χ0) is 21.0. The van der Waals surface area contributed by atoms with Crippen LogP contribution in [0.25, 0.3) is 0 Å². The van der Waals surface area contributed by atoms with E-state index in [1.54, 1.807) is 42.5 Å². The Kier molecular flexibility index (Phi) is 5.87. The van der Waals surface area contributed by atoms with Crippen LogP contribution in [0.5, 0.6) is 17.2 Å². The number of carbonyl (C=O) groups excluding carboxylic acids is 3. The van der Waals surface area contributed by atoms with E-state index in [-0.39, 0.29) is 6.54 Å². The number of hydrogen-bond donors (Lipinski definition) is 2. The molecule has 1 aliphatic rings. The Labute approximate surface area is 167 Å². The number of rotatable bonds is 6. The van der Waals surface area contributed by atoms with Gasteiger partial charge in [-0.05, 0) is 24.3 Å². The minimum atomic E-state index is -1.09. The van der Waals surface area contributed by atoms with Gasteiger partial charge in [-0.15, -0.1) is 0 Å². The average Bonchev–Trinajstić information content (AvgIpc) is 2.73. The highest BCUT2D eigenvalue weighted by molar-refractivity contribution is 6.23. The third-order valence-electron chi connectivity index (χ3n) is 4.45. The van der Waals surface area contributed by atoms with Gasteiger partial charge < -0.3 is 24.8 Å². The molecule has 2 aromatic rings. The van der Waals surface area contributed by atoms with Gasteiger partial charge in [0, 0.05) is 30.4 Å². The van der Waals surface area contributed by atoms with Gasteiger partial charge in [0.15, 0.2) is 0 Å². The van der Waals surface area contributed by atoms with E-state index in [4.69, 9.17) is 14.2 Å². The molecule has 1 unspecified atom stereocenters. The summed E-state index contributed by atoms with van der Waals surface area (Å²) >= 11 is 0. The van der Waals surface area contributed by atoms with E-state index in [1.165, 1.54) is 21.3 Å². The minimum Gasteiger partial charge on any atom is -0.497 e. The summed E-state index contributed by atoms with van der Waals surface area (Å²) < 4.78 is 15.4. The molecule has 2 N–H and O–H groups in total. The zero-order valence-corrected chi connectivity index (χ0v) is 16.2. The first-order valence-electron chi connectivity index (χ1n) is 8.76. The van der Waals surface area contributed by atoms with E-state index in [0.29, 0.717) is 28.6 Å². The van der Waals surface area contributed by atoms with Gasteiger partial charge in [0.05, 0.1) is 27.0 Å². The Morgan fingerprint density at radius 2 is 1.55 bits per heavy atom. The molecule has 1 atom stereocenters. The maximum Gasteiger partial charge on any atom is 0.328 e. The molecule has 2 aromatic carbocycles. The molecule has 9 heteroatoms. The first kappa shape index (κ1) is 20.0. The molecule has 0 saturated carbocycles. The van der Waals surface area contributed by atoms with Crippen molar-refractivity contribution in [3.05, 3.63) is 42.5 Å². The van der Waals surface area contributed by atoms with Crippen LogP contribution in [0.2, 0.25) is 0 Å². The van der Waals surface area contributed by atoms with Gasteiger partial charge in [0.2, 0.25) is 11.8 Å². The smallest absolute Gasteiger partial charge is 0.328 e. The highest BCUT2D eigenvalue weighted by Gasteiger charge is 2.39. The molecule has 9 nitrogen and oxygen atoms in total. The number of imide groups is 1. The number of methoxy groups -OCH3 is 3. The standard InChI is InChI=1S/C20H21N3O6/c1-27-14-6-4-13(5-7-14)23-19(25)17(11-21-20(23)26)18(24)22-12-8-15(28-2)10-16(9-12)29-3/h4-10,17H,11H2,1-3H3,(H,21,26)(H,22,24). The first-order chi connectivity index (χ1) is 14.0. The van der Waals surface area contributed by atoms with Crippen LogP contribution in [0.15, 0.2) is 42.5 Å². The van der Waals surface area contributed by atoms with Crippen molar-refractivity contribution in [3.8, 4) is 17.2 Å². The van der Waals surface area contributed by atoms with Crippen LogP contribution >= 0.6 is 0 Å². The van der Waals surface area contributed by atoms with Crippen molar-refractivity contribution in [2.24, 2.45) is 5.92 Å². The number of carbonyl (C=O) groups is 3. The number of nitrogens with zero attached hydrogens (tertiary/aromatic N) is 1. The van der Waals surface area contributed by atoms with Crippen molar-refractivity contribution in [1.29, 1.82) is 0 Å². The van der Waals surface area contributed by atoms with Crippen LogP contribution < -0.4 is 29.7 Å². The Balaban J connectivity index is 1.80. The van der Waals surface area contributed by atoms with Crippen LogP contribution in [0.4, 0.5) is 16.2 Å². The maximum atomic E-state index is 12.9. The molecule has 0 spiro atoms. The minimum absolute atomic E-state index is 0.0999. The number of nitrogens with one attached hydrogen (secondary N) is 2. The van der Waals surface area contributed by atoms with Crippen molar-refractivity contribution in [2.75, 3.05) is 38.1 Å². The fourth-order valence-electron chi connectivity index (χ4n) is 2.90. The summed E-state index contributed by atoms with van der Waals surface area (Å²) in [6, 6.07) is 10.7. The van der Waals surface area contributed by atoms with E-state index < -0.39 is 23.8 Å². The Bertz CT molecular complexity index is 906. The SMILES string of the molecule is COc1ccc(N2C(=O)NCC(C(=O)Nc3cc(OC)cc(OC)c3)C2=O)cc1. The van der Waals surface area contributed by atoms with Crippen molar-refractivity contribution in [1.82, 2.24) is 5.32 Å². The number of ether oxygens (including phenoxy) is 3.